The zero-order chi connectivity index (χ0) is 18.6. The summed E-state index contributed by atoms with van der Waals surface area (Å²) in [6.45, 7) is -0.586. The third kappa shape index (κ3) is 5.17. The minimum atomic E-state index is -4.10. The predicted molar refractivity (Wildman–Crippen MR) is 93.2 cm³/mol. The minimum absolute atomic E-state index is 0.112. The van der Waals surface area contributed by atoms with Crippen molar-refractivity contribution in [2.45, 2.75) is 4.90 Å². The van der Waals surface area contributed by atoms with Crippen molar-refractivity contribution >= 4 is 50.8 Å². The lowest BCUT2D eigenvalue weighted by Gasteiger charge is -2.09. The molecule has 0 radical (unpaired) electrons. The molecule has 0 saturated heterocycles. The maximum Gasteiger partial charge on any atom is 0.338 e. The average molecular weight is 403 g/mol. The van der Waals surface area contributed by atoms with Crippen LogP contribution in [0.4, 0.5) is 5.69 Å². The molecule has 2 rings (SSSR count). The molecule has 0 bridgehead atoms. The minimum Gasteiger partial charge on any atom is -0.452 e. The molecule has 0 fully saturated rings. The van der Waals surface area contributed by atoms with E-state index in [-0.39, 0.29) is 10.6 Å². The van der Waals surface area contributed by atoms with Crippen molar-refractivity contribution in [3.8, 4) is 0 Å². The number of sulfonamides is 1. The topological polar surface area (TPSA) is 116 Å². The van der Waals surface area contributed by atoms with Gasteiger partial charge in [0.05, 0.1) is 21.3 Å². The van der Waals surface area contributed by atoms with Crippen molar-refractivity contribution in [3.05, 3.63) is 58.1 Å². The van der Waals surface area contributed by atoms with Gasteiger partial charge in [0.15, 0.2) is 6.61 Å². The number of hydrogen-bond donors (Lipinski definition) is 2. The first kappa shape index (κ1) is 19.2. The predicted octanol–water partition coefficient (Wildman–Crippen LogP) is 2.44. The number of halogens is 2. The third-order valence-corrected chi connectivity index (χ3v) is 4.68. The van der Waals surface area contributed by atoms with E-state index in [1.165, 1.54) is 12.1 Å². The van der Waals surface area contributed by atoms with Crippen LogP contribution in [0.3, 0.4) is 0 Å². The Morgan fingerprint density at radius 2 is 1.76 bits per heavy atom. The number of carbonyl (C=O) groups is 2. The molecule has 0 aromatic heterocycles. The summed E-state index contributed by atoms with van der Waals surface area (Å²) >= 11 is 11.6. The molecule has 0 unspecified atom stereocenters. The zero-order valence-corrected chi connectivity index (χ0v) is 14.9. The first-order chi connectivity index (χ1) is 11.7. The Kier molecular flexibility index (Phi) is 6.02. The highest BCUT2D eigenvalue weighted by atomic mass is 35.5. The van der Waals surface area contributed by atoms with Gasteiger partial charge in [0.2, 0.25) is 10.0 Å². The lowest BCUT2D eigenvalue weighted by molar-refractivity contribution is -0.119. The lowest BCUT2D eigenvalue weighted by atomic mass is 10.2. The molecule has 0 aliphatic heterocycles. The summed E-state index contributed by atoms with van der Waals surface area (Å²) in [6, 6.07) is 9.97. The van der Waals surface area contributed by atoms with E-state index in [2.05, 4.69) is 5.32 Å². The second-order valence-electron chi connectivity index (χ2n) is 4.79. The van der Waals surface area contributed by atoms with E-state index in [0.29, 0.717) is 10.7 Å². The molecule has 0 aliphatic carbocycles. The molecule has 0 aliphatic rings. The molecular weight excluding hydrogens is 391 g/mol. The van der Waals surface area contributed by atoms with Crippen LogP contribution in [0.1, 0.15) is 10.4 Å². The summed E-state index contributed by atoms with van der Waals surface area (Å²) in [5.74, 6) is -1.52. The summed E-state index contributed by atoms with van der Waals surface area (Å²) in [4.78, 5) is 23.3. The quantitative estimate of drug-likeness (QED) is 0.744. The number of rotatable bonds is 5. The van der Waals surface area contributed by atoms with Crippen LogP contribution >= 0.6 is 23.2 Å². The average Bonchev–Trinajstić information content (AvgIpc) is 2.54. The summed E-state index contributed by atoms with van der Waals surface area (Å²) < 4.78 is 27.6. The van der Waals surface area contributed by atoms with Gasteiger partial charge in [0.1, 0.15) is 4.90 Å². The maximum atomic E-state index is 12.0. The first-order valence-electron chi connectivity index (χ1n) is 6.72. The fraction of sp³-hybridized carbons (Fsp3) is 0.0667. The molecule has 0 spiro atoms. The second-order valence-corrected chi connectivity index (χ2v) is 7.14. The van der Waals surface area contributed by atoms with Crippen LogP contribution in [0.25, 0.3) is 0 Å². The van der Waals surface area contributed by atoms with Crippen molar-refractivity contribution < 1.29 is 22.7 Å². The van der Waals surface area contributed by atoms with Crippen molar-refractivity contribution in [2.24, 2.45) is 5.14 Å². The van der Waals surface area contributed by atoms with Crippen LogP contribution in [0.5, 0.6) is 0 Å². The van der Waals surface area contributed by atoms with Crippen LogP contribution in [0.2, 0.25) is 10.0 Å². The molecule has 2 aromatic rings. The van der Waals surface area contributed by atoms with Crippen LogP contribution < -0.4 is 10.5 Å². The largest absolute Gasteiger partial charge is 0.452 e. The SMILES string of the molecule is NS(=O)(=O)c1cc(C(=O)OCC(=O)Nc2ccccc2Cl)ccc1Cl. The Morgan fingerprint density at radius 3 is 2.40 bits per heavy atom. The zero-order valence-electron chi connectivity index (χ0n) is 12.5. The van der Waals surface area contributed by atoms with Crippen LogP contribution in [0.15, 0.2) is 47.4 Å². The van der Waals surface area contributed by atoms with Gasteiger partial charge in [-0.3, -0.25) is 4.79 Å². The number of benzene rings is 2. The summed E-state index contributed by atoms with van der Waals surface area (Å²) in [7, 11) is -4.10. The molecule has 132 valence electrons. The molecule has 10 heteroatoms. The van der Waals surface area contributed by atoms with E-state index in [1.807, 2.05) is 0 Å². The molecule has 3 N–H and O–H groups in total. The van der Waals surface area contributed by atoms with Gasteiger partial charge in [-0.1, -0.05) is 35.3 Å². The van der Waals surface area contributed by atoms with Crippen LogP contribution in [-0.4, -0.2) is 26.9 Å². The van der Waals surface area contributed by atoms with E-state index in [9.17, 15) is 18.0 Å². The number of carbonyl (C=O) groups excluding carboxylic acids is 2. The number of hydrogen-bond acceptors (Lipinski definition) is 5. The van der Waals surface area contributed by atoms with Gasteiger partial charge < -0.3 is 10.1 Å². The Hall–Kier alpha value is -2.13. The number of nitrogens with two attached hydrogens (primary N) is 1. The number of primary sulfonamides is 1. The number of anilines is 1. The Morgan fingerprint density at radius 1 is 1.08 bits per heavy atom. The van der Waals surface area contributed by atoms with Crippen molar-refractivity contribution in [3.63, 3.8) is 0 Å². The number of ether oxygens (including phenoxy) is 1. The van der Waals surface area contributed by atoms with Gasteiger partial charge in [0, 0.05) is 0 Å². The molecule has 7 nitrogen and oxygen atoms in total. The number of esters is 1. The van der Waals surface area contributed by atoms with Gasteiger partial charge in [-0.25, -0.2) is 18.4 Å². The molecular formula is C15H12Cl2N2O5S. The number of para-hydroxylation sites is 1. The Bertz CT molecular complexity index is 931. The van der Waals surface area contributed by atoms with E-state index in [4.69, 9.17) is 33.1 Å². The smallest absolute Gasteiger partial charge is 0.338 e. The Balaban J connectivity index is 2.03. The molecule has 25 heavy (non-hydrogen) atoms. The van der Waals surface area contributed by atoms with E-state index >= 15 is 0 Å². The second kappa shape index (κ2) is 7.83. The van der Waals surface area contributed by atoms with Crippen LogP contribution in [0, 0.1) is 0 Å². The molecule has 1 amide bonds. The Labute approximate surface area is 153 Å². The van der Waals surface area contributed by atoms with Gasteiger partial charge in [0.25, 0.3) is 5.91 Å². The van der Waals surface area contributed by atoms with E-state index < -0.39 is 33.4 Å². The van der Waals surface area contributed by atoms with Gasteiger partial charge >= 0.3 is 5.97 Å². The normalized spacial score (nSPS) is 11.0. The highest BCUT2D eigenvalue weighted by Crippen LogP contribution is 2.22. The fourth-order valence-electron chi connectivity index (χ4n) is 1.81. The summed E-state index contributed by atoms with van der Waals surface area (Å²) in [5, 5.41) is 7.69. The molecule has 0 heterocycles. The summed E-state index contributed by atoms with van der Waals surface area (Å²) in [5.41, 5.74) is 0.257. The standard InChI is InChI=1S/C15H12Cl2N2O5S/c16-10-3-1-2-4-12(10)19-14(20)8-24-15(21)9-5-6-11(17)13(7-9)25(18,22)23/h1-7H,8H2,(H,19,20)(H2,18,22,23). The van der Waals surface area contributed by atoms with Crippen LogP contribution in [-0.2, 0) is 19.6 Å². The highest BCUT2D eigenvalue weighted by molar-refractivity contribution is 7.89. The summed E-state index contributed by atoms with van der Waals surface area (Å²) in [6.07, 6.45) is 0. The van der Waals surface area contributed by atoms with E-state index in [0.717, 1.165) is 6.07 Å². The highest BCUT2D eigenvalue weighted by Gasteiger charge is 2.18. The third-order valence-electron chi connectivity index (χ3n) is 2.96. The first-order valence-corrected chi connectivity index (χ1v) is 9.02. The monoisotopic (exact) mass is 402 g/mol. The molecule has 0 atom stereocenters. The number of nitrogens with one attached hydrogen (secondary N) is 1. The van der Waals surface area contributed by atoms with Crippen molar-refractivity contribution in [1.29, 1.82) is 0 Å². The fourth-order valence-corrected chi connectivity index (χ4v) is 3.07. The lowest BCUT2D eigenvalue weighted by Crippen LogP contribution is -2.21. The van der Waals surface area contributed by atoms with Crippen molar-refractivity contribution in [1.82, 2.24) is 0 Å². The van der Waals surface area contributed by atoms with E-state index in [1.54, 1.807) is 24.3 Å². The van der Waals surface area contributed by atoms with Gasteiger partial charge in [-0.15, -0.1) is 0 Å². The molecule has 0 saturated carbocycles. The molecule has 2 aromatic carbocycles. The van der Waals surface area contributed by atoms with Gasteiger partial charge in [-0.05, 0) is 30.3 Å². The van der Waals surface area contributed by atoms with Gasteiger partial charge in [-0.2, -0.15) is 0 Å². The maximum absolute atomic E-state index is 12.0. The number of amides is 1. The van der Waals surface area contributed by atoms with Crippen molar-refractivity contribution in [2.75, 3.05) is 11.9 Å².